The Bertz CT molecular complexity index is 738. The van der Waals surface area contributed by atoms with Crippen molar-refractivity contribution in [2.45, 2.75) is 24.6 Å². The van der Waals surface area contributed by atoms with E-state index in [1.165, 1.54) is 18.3 Å². The number of amides is 1. The van der Waals surface area contributed by atoms with Gasteiger partial charge in [-0.05, 0) is 23.9 Å². The lowest BCUT2D eigenvalue weighted by atomic mass is 10.1. The van der Waals surface area contributed by atoms with E-state index in [0.29, 0.717) is 13.1 Å². The zero-order valence-electron chi connectivity index (χ0n) is 13.2. The molecule has 0 radical (unpaired) electrons. The Morgan fingerprint density at radius 1 is 1.22 bits per heavy atom. The second kappa shape index (κ2) is 7.72. The van der Waals surface area contributed by atoms with Gasteiger partial charge in [-0.2, -0.15) is 0 Å². The summed E-state index contributed by atoms with van der Waals surface area (Å²) in [5.41, 5.74) is 2.18. The Hall–Kier alpha value is -1.70. The number of carbonyl (C=O) groups excluding carboxylic acids is 1. The first-order valence-corrected chi connectivity index (χ1v) is 9.59. The standard InChI is InChI=1S/C16H20N2O3S2/c1-13-5-7-15(8-6-13)12-18(14(2)19)10-9-17-23(20,21)16-4-3-11-22-16/h3-8,11,17H,9-10,12H2,1-2H3. The molecule has 0 fully saturated rings. The van der Waals surface area contributed by atoms with Crippen LogP contribution in [-0.2, 0) is 21.4 Å². The van der Waals surface area contributed by atoms with Gasteiger partial charge in [0.2, 0.25) is 15.9 Å². The highest BCUT2D eigenvalue weighted by atomic mass is 32.2. The Balaban J connectivity index is 1.93. The van der Waals surface area contributed by atoms with Crippen molar-refractivity contribution in [2.24, 2.45) is 0 Å². The summed E-state index contributed by atoms with van der Waals surface area (Å²) in [6, 6.07) is 11.2. The topological polar surface area (TPSA) is 66.5 Å². The Kier molecular flexibility index (Phi) is 5.92. The number of rotatable bonds is 7. The van der Waals surface area contributed by atoms with Crippen molar-refractivity contribution in [2.75, 3.05) is 13.1 Å². The van der Waals surface area contributed by atoms with E-state index >= 15 is 0 Å². The van der Waals surface area contributed by atoms with E-state index < -0.39 is 10.0 Å². The third-order valence-corrected chi connectivity index (χ3v) is 6.23. The van der Waals surface area contributed by atoms with Gasteiger partial charge >= 0.3 is 0 Å². The van der Waals surface area contributed by atoms with Crippen molar-refractivity contribution in [3.05, 3.63) is 52.9 Å². The number of sulfonamides is 1. The Morgan fingerprint density at radius 3 is 2.48 bits per heavy atom. The van der Waals surface area contributed by atoms with E-state index in [1.54, 1.807) is 22.4 Å². The molecule has 23 heavy (non-hydrogen) atoms. The lowest BCUT2D eigenvalue weighted by Gasteiger charge is -2.21. The molecule has 0 bridgehead atoms. The minimum atomic E-state index is -3.49. The molecule has 124 valence electrons. The van der Waals surface area contributed by atoms with Gasteiger partial charge in [-0.3, -0.25) is 4.79 Å². The fraction of sp³-hybridized carbons (Fsp3) is 0.312. The molecule has 2 rings (SSSR count). The third-order valence-electron chi connectivity index (χ3n) is 3.37. The van der Waals surface area contributed by atoms with Crippen molar-refractivity contribution < 1.29 is 13.2 Å². The largest absolute Gasteiger partial charge is 0.337 e. The summed E-state index contributed by atoms with van der Waals surface area (Å²) in [6.07, 6.45) is 0. The first kappa shape index (κ1) is 17.7. The van der Waals surface area contributed by atoms with E-state index in [4.69, 9.17) is 0 Å². The maximum atomic E-state index is 12.0. The summed E-state index contributed by atoms with van der Waals surface area (Å²) < 4.78 is 26.9. The Labute approximate surface area is 141 Å². The average Bonchev–Trinajstić information content (AvgIpc) is 3.03. The average molecular weight is 352 g/mol. The van der Waals surface area contributed by atoms with Gasteiger partial charge in [-0.25, -0.2) is 13.1 Å². The van der Waals surface area contributed by atoms with Crippen LogP contribution in [0.15, 0.2) is 46.0 Å². The van der Waals surface area contributed by atoms with Gasteiger partial charge in [0.15, 0.2) is 0 Å². The first-order valence-electron chi connectivity index (χ1n) is 7.23. The molecule has 1 amide bonds. The molecule has 0 atom stereocenters. The highest BCUT2D eigenvalue weighted by Crippen LogP contribution is 2.15. The number of hydrogen-bond acceptors (Lipinski definition) is 4. The molecular weight excluding hydrogens is 332 g/mol. The summed E-state index contributed by atoms with van der Waals surface area (Å²) in [4.78, 5) is 13.4. The molecule has 1 aromatic heterocycles. The minimum Gasteiger partial charge on any atom is -0.337 e. The van der Waals surface area contributed by atoms with Crippen LogP contribution >= 0.6 is 11.3 Å². The summed E-state index contributed by atoms with van der Waals surface area (Å²) in [6.45, 7) is 4.48. The third kappa shape index (κ3) is 5.16. The van der Waals surface area contributed by atoms with Gasteiger partial charge in [0, 0.05) is 26.6 Å². The maximum Gasteiger partial charge on any atom is 0.250 e. The predicted octanol–water partition coefficient (Wildman–Crippen LogP) is 2.38. The van der Waals surface area contributed by atoms with Gasteiger partial charge in [-0.1, -0.05) is 35.9 Å². The molecule has 7 heteroatoms. The highest BCUT2D eigenvalue weighted by molar-refractivity contribution is 7.91. The zero-order valence-corrected chi connectivity index (χ0v) is 14.8. The van der Waals surface area contributed by atoms with Crippen molar-refractivity contribution in [3.8, 4) is 0 Å². The summed E-state index contributed by atoms with van der Waals surface area (Å²) in [5.74, 6) is -0.0825. The van der Waals surface area contributed by atoms with Gasteiger partial charge in [0.1, 0.15) is 4.21 Å². The molecule has 0 saturated heterocycles. The van der Waals surface area contributed by atoms with Crippen LogP contribution in [0.25, 0.3) is 0 Å². The normalized spacial score (nSPS) is 11.4. The van der Waals surface area contributed by atoms with Crippen LogP contribution in [0.3, 0.4) is 0 Å². The molecule has 1 aromatic carbocycles. The number of nitrogens with zero attached hydrogens (tertiary/aromatic N) is 1. The van der Waals surface area contributed by atoms with E-state index in [0.717, 1.165) is 11.1 Å². The van der Waals surface area contributed by atoms with Crippen LogP contribution in [0.2, 0.25) is 0 Å². The SMILES string of the molecule is CC(=O)N(CCNS(=O)(=O)c1cccs1)Cc1ccc(C)cc1. The predicted molar refractivity (Wildman–Crippen MR) is 91.8 cm³/mol. The summed E-state index contributed by atoms with van der Waals surface area (Å²) >= 11 is 1.17. The van der Waals surface area contributed by atoms with Crippen LogP contribution in [-0.4, -0.2) is 32.3 Å². The second-order valence-corrected chi connectivity index (χ2v) is 8.20. The maximum absolute atomic E-state index is 12.0. The van der Waals surface area contributed by atoms with Crippen molar-refractivity contribution in [1.82, 2.24) is 9.62 Å². The van der Waals surface area contributed by atoms with E-state index in [9.17, 15) is 13.2 Å². The lowest BCUT2D eigenvalue weighted by Crippen LogP contribution is -2.36. The quantitative estimate of drug-likeness (QED) is 0.832. The van der Waals surface area contributed by atoms with E-state index in [-0.39, 0.29) is 16.7 Å². The molecule has 2 aromatic rings. The van der Waals surface area contributed by atoms with Gasteiger partial charge in [0.05, 0.1) is 0 Å². The molecule has 5 nitrogen and oxygen atoms in total. The zero-order chi connectivity index (χ0) is 16.9. The molecule has 1 heterocycles. The van der Waals surface area contributed by atoms with Gasteiger partial charge in [0.25, 0.3) is 0 Å². The molecule has 0 spiro atoms. The number of thiophene rings is 1. The van der Waals surface area contributed by atoms with Gasteiger partial charge in [-0.15, -0.1) is 11.3 Å². The van der Waals surface area contributed by atoms with Crippen LogP contribution < -0.4 is 4.72 Å². The molecule has 0 aliphatic heterocycles. The molecule has 1 N–H and O–H groups in total. The number of benzene rings is 1. The second-order valence-electron chi connectivity index (χ2n) is 5.26. The monoisotopic (exact) mass is 352 g/mol. The lowest BCUT2D eigenvalue weighted by molar-refractivity contribution is -0.129. The molecule has 0 aliphatic carbocycles. The van der Waals surface area contributed by atoms with Crippen LogP contribution in [0.5, 0.6) is 0 Å². The highest BCUT2D eigenvalue weighted by Gasteiger charge is 2.16. The molecule has 0 aliphatic rings. The number of aryl methyl sites for hydroxylation is 1. The van der Waals surface area contributed by atoms with Crippen LogP contribution in [0.4, 0.5) is 0 Å². The Morgan fingerprint density at radius 2 is 1.91 bits per heavy atom. The summed E-state index contributed by atoms with van der Waals surface area (Å²) in [5, 5.41) is 1.72. The fourth-order valence-electron chi connectivity index (χ4n) is 2.06. The fourth-order valence-corrected chi connectivity index (χ4v) is 4.12. The van der Waals surface area contributed by atoms with Crippen LogP contribution in [0.1, 0.15) is 18.1 Å². The van der Waals surface area contributed by atoms with E-state index in [1.807, 2.05) is 31.2 Å². The number of hydrogen-bond donors (Lipinski definition) is 1. The van der Waals surface area contributed by atoms with E-state index in [2.05, 4.69) is 4.72 Å². The number of carbonyl (C=O) groups is 1. The first-order chi connectivity index (χ1) is 10.9. The van der Waals surface area contributed by atoms with Gasteiger partial charge < -0.3 is 4.90 Å². The summed E-state index contributed by atoms with van der Waals surface area (Å²) in [7, 11) is -3.49. The molecule has 0 unspecified atom stereocenters. The van der Waals surface area contributed by atoms with Crippen molar-refractivity contribution >= 4 is 27.3 Å². The number of nitrogens with one attached hydrogen (secondary N) is 1. The van der Waals surface area contributed by atoms with Crippen LogP contribution in [0, 0.1) is 6.92 Å². The molecular formula is C16H20N2O3S2. The minimum absolute atomic E-state index is 0.0825. The molecule has 0 saturated carbocycles. The smallest absolute Gasteiger partial charge is 0.250 e. The van der Waals surface area contributed by atoms with Crippen molar-refractivity contribution in [3.63, 3.8) is 0 Å². The van der Waals surface area contributed by atoms with Crippen molar-refractivity contribution in [1.29, 1.82) is 0 Å².